The summed E-state index contributed by atoms with van der Waals surface area (Å²) < 4.78 is 28.2. The van der Waals surface area contributed by atoms with Crippen LogP contribution in [0.25, 0.3) is 0 Å². The molecule has 1 unspecified atom stereocenters. The Labute approximate surface area is 149 Å². The lowest BCUT2D eigenvalue weighted by molar-refractivity contribution is 0.439. The maximum Gasteiger partial charge on any atom is 0.240 e. The molecule has 0 amide bonds. The van der Waals surface area contributed by atoms with Crippen LogP contribution in [0.3, 0.4) is 0 Å². The fourth-order valence-corrected chi connectivity index (χ4v) is 4.87. The van der Waals surface area contributed by atoms with Crippen molar-refractivity contribution in [1.29, 1.82) is 0 Å². The predicted octanol–water partition coefficient (Wildman–Crippen LogP) is 4.48. The Bertz CT molecular complexity index is 728. The Morgan fingerprint density at radius 2 is 1.67 bits per heavy atom. The Balaban J connectivity index is 2.11. The Morgan fingerprint density at radius 3 is 2.25 bits per heavy atom. The van der Waals surface area contributed by atoms with Gasteiger partial charge in [0.15, 0.2) is 0 Å². The zero-order valence-electron chi connectivity index (χ0n) is 14.4. The molecule has 130 valence electrons. The minimum absolute atomic E-state index is 0.105. The van der Waals surface area contributed by atoms with Crippen LogP contribution in [-0.2, 0) is 10.0 Å². The van der Waals surface area contributed by atoms with E-state index < -0.39 is 10.0 Å². The van der Waals surface area contributed by atoms with Gasteiger partial charge < -0.3 is 0 Å². The molecule has 3 nitrogen and oxygen atoms in total. The average Bonchev–Trinajstić information content (AvgIpc) is 2.59. The monoisotopic (exact) mass is 363 g/mol. The summed E-state index contributed by atoms with van der Waals surface area (Å²) in [5.74, 6) is 0.978. The Hall–Kier alpha value is -1.30. The molecule has 2 aromatic carbocycles. The molecule has 0 saturated heterocycles. The molecule has 2 aromatic rings. The summed E-state index contributed by atoms with van der Waals surface area (Å²) >= 11 is 1.68. The molecule has 0 aromatic heterocycles. The summed E-state index contributed by atoms with van der Waals surface area (Å²) in [6.07, 6.45) is 0.927. The maximum atomic E-state index is 12.7. The molecule has 0 spiro atoms. The van der Waals surface area contributed by atoms with E-state index in [4.69, 9.17) is 0 Å². The molecule has 2 rings (SSSR count). The first-order valence-corrected chi connectivity index (χ1v) is 10.7. The van der Waals surface area contributed by atoms with Crippen LogP contribution in [0, 0.1) is 12.8 Å². The highest BCUT2D eigenvalue weighted by atomic mass is 32.2. The van der Waals surface area contributed by atoms with Gasteiger partial charge in [0.2, 0.25) is 10.0 Å². The standard InChI is InChI=1S/C19H25NO2S2/c1-4-16(3)19(14-23-17-8-6-5-7-9-17)20-24(21,22)18-12-10-15(2)11-13-18/h5-13,16,19-20H,4,14H2,1-3H3/t16?,19-/m1/s1. The van der Waals surface area contributed by atoms with E-state index in [0.717, 1.165) is 16.9 Å². The van der Waals surface area contributed by atoms with Crippen LogP contribution in [0.2, 0.25) is 0 Å². The van der Waals surface area contributed by atoms with Crippen molar-refractivity contribution in [3.05, 3.63) is 60.2 Å². The summed E-state index contributed by atoms with van der Waals surface area (Å²) in [5.41, 5.74) is 1.05. The molecule has 0 radical (unpaired) electrons. The number of benzene rings is 2. The highest BCUT2D eigenvalue weighted by Gasteiger charge is 2.24. The van der Waals surface area contributed by atoms with Crippen molar-refractivity contribution in [1.82, 2.24) is 4.72 Å². The maximum absolute atomic E-state index is 12.7. The number of aryl methyl sites for hydroxylation is 1. The number of nitrogens with one attached hydrogen (secondary N) is 1. The van der Waals surface area contributed by atoms with Gasteiger partial charge in [-0.2, -0.15) is 0 Å². The number of thioether (sulfide) groups is 1. The molecule has 5 heteroatoms. The third kappa shape index (κ3) is 5.36. The van der Waals surface area contributed by atoms with Crippen LogP contribution < -0.4 is 4.72 Å². The van der Waals surface area contributed by atoms with Crippen molar-refractivity contribution in [2.24, 2.45) is 5.92 Å². The van der Waals surface area contributed by atoms with Gasteiger partial charge in [-0.3, -0.25) is 0 Å². The molecule has 1 N–H and O–H groups in total. The van der Waals surface area contributed by atoms with Gasteiger partial charge >= 0.3 is 0 Å². The van der Waals surface area contributed by atoms with Crippen LogP contribution in [0.5, 0.6) is 0 Å². The largest absolute Gasteiger partial charge is 0.240 e. The second kappa shape index (κ2) is 8.70. The SMILES string of the molecule is CCC(C)[C@@H](CSc1ccccc1)NS(=O)(=O)c1ccc(C)cc1. The van der Waals surface area contributed by atoms with Crippen LogP contribution in [-0.4, -0.2) is 20.2 Å². The van der Waals surface area contributed by atoms with Gasteiger partial charge in [0, 0.05) is 16.7 Å². The molecular formula is C19H25NO2S2. The number of hydrogen-bond acceptors (Lipinski definition) is 3. The van der Waals surface area contributed by atoms with E-state index in [1.165, 1.54) is 0 Å². The second-order valence-electron chi connectivity index (χ2n) is 6.05. The van der Waals surface area contributed by atoms with Crippen LogP contribution in [0.1, 0.15) is 25.8 Å². The molecule has 0 fully saturated rings. The van der Waals surface area contributed by atoms with E-state index in [1.54, 1.807) is 23.9 Å². The predicted molar refractivity (Wildman–Crippen MR) is 102 cm³/mol. The fraction of sp³-hybridized carbons (Fsp3) is 0.368. The molecule has 0 aliphatic carbocycles. The topological polar surface area (TPSA) is 46.2 Å². The van der Waals surface area contributed by atoms with E-state index in [0.29, 0.717) is 10.6 Å². The third-order valence-electron chi connectivity index (χ3n) is 4.14. The Kier molecular flexibility index (Phi) is 6.90. The summed E-state index contributed by atoms with van der Waals surface area (Å²) in [7, 11) is -3.50. The van der Waals surface area contributed by atoms with Gasteiger partial charge in [0.1, 0.15) is 0 Å². The summed E-state index contributed by atoms with van der Waals surface area (Å²) in [6.45, 7) is 6.13. The minimum atomic E-state index is -3.50. The first kappa shape index (κ1) is 19.0. The number of hydrogen-bond donors (Lipinski definition) is 1. The summed E-state index contributed by atoms with van der Waals surface area (Å²) in [6, 6.07) is 16.9. The molecule has 0 aliphatic heterocycles. The summed E-state index contributed by atoms with van der Waals surface area (Å²) in [5, 5.41) is 0. The average molecular weight is 364 g/mol. The quantitative estimate of drug-likeness (QED) is 0.703. The first-order chi connectivity index (χ1) is 11.4. The van der Waals surface area contributed by atoms with E-state index >= 15 is 0 Å². The molecule has 0 aliphatic rings. The number of rotatable bonds is 8. The van der Waals surface area contributed by atoms with Crippen molar-refractivity contribution in [2.75, 3.05) is 5.75 Å². The second-order valence-corrected chi connectivity index (χ2v) is 8.86. The van der Waals surface area contributed by atoms with E-state index in [1.807, 2.05) is 49.4 Å². The van der Waals surface area contributed by atoms with Gasteiger partial charge in [0.05, 0.1) is 4.90 Å². The molecule has 0 bridgehead atoms. The lowest BCUT2D eigenvalue weighted by atomic mass is 10.0. The van der Waals surface area contributed by atoms with Crippen molar-refractivity contribution < 1.29 is 8.42 Å². The van der Waals surface area contributed by atoms with Crippen LogP contribution >= 0.6 is 11.8 Å². The highest BCUT2D eigenvalue weighted by Crippen LogP contribution is 2.23. The zero-order valence-corrected chi connectivity index (χ0v) is 16.0. The lowest BCUT2D eigenvalue weighted by Crippen LogP contribution is -2.41. The minimum Gasteiger partial charge on any atom is -0.207 e. The smallest absolute Gasteiger partial charge is 0.207 e. The molecule has 2 atom stereocenters. The van der Waals surface area contributed by atoms with E-state index in [-0.39, 0.29) is 12.0 Å². The van der Waals surface area contributed by atoms with Crippen molar-refractivity contribution >= 4 is 21.8 Å². The van der Waals surface area contributed by atoms with E-state index in [9.17, 15) is 8.42 Å². The Morgan fingerprint density at radius 1 is 1.04 bits per heavy atom. The van der Waals surface area contributed by atoms with Crippen LogP contribution in [0.4, 0.5) is 0 Å². The van der Waals surface area contributed by atoms with E-state index in [2.05, 4.69) is 18.6 Å². The molecule has 24 heavy (non-hydrogen) atoms. The number of sulfonamides is 1. The fourth-order valence-electron chi connectivity index (χ4n) is 2.29. The highest BCUT2D eigenvalue weighted by molar-refractivity contribution is 7.99. The van der Waals surface area contributed by atoms with Gasteiger partial charge in [-0.1, -0.05) is 56.2 Å². The molecule has 0 saturated carbocycles. The molecule has 0 heterocycles. The lowest BCUT2D eigenvalue weighted by Gasteiger charge is -2.24. The summed E-state index contributed by atoms with van der Waals surface area (Å²) in [4.78, 5) is 1.48. The van der Waals surface area contributed by atoms with Gasteiger partial charge in [-0.05, 0) is 37.1 Å². The first-order valence-electron chi connectivity index (χ1n) is 8.19. The van der Waals surface area contributed by atoms with Crippen molar-refractivity contribution in [2.45, 2.75) is 43.0 Å². The van der Waals surface area contributed by atoms with Crippen molar-refractivity contribution in [3.8, 4) is 0 Å². The van der Waals surface area contributed by atoms with Crippen LogP contribution in [0.15, 0.2) is 64.4 Å². The zero-order chi connectivity index (χ0) is 17.6. The van der Waals surface area contributed by atoms with Gasteiger partial charge in [0.25, 0.3) is 0 Å². The normalized spacial score (nSPS) is 14.3. The molecular weight excluding hydrogens is 338 g/mol. The van der Waals surface area contributed by atoms with Gasteiger partial charge in [-0.15, -0.1) is 11.8 Å². The third-order valence-corrected chi connectivity index (χ3v) is 6.78. The van der Waals surface area contributed by atoms with Crippen molar-refractivity contribution in [3.63, 3.8) is 0 Å². The van der Waals surface area contributed by atoms with Gasteiger partial charge in [-0.25, -0.2) is 13.1 Å².